The van der Waals surface area contributed by atoms with Crippen molar-refractivity contribution < 1.29 is 4.74 Å². The second-order valence-electron chi connectivity index (χ2n) is 6.00. The SMILES string of the molecule is CO/C=C/c1cc(Cl)ccc1-c1cccc2c1NC(c1ccccc1)S2. The van der Waals surface area contributed by atoms with E-state index in [4.69, 9.17) is 16.3 Å². The highest BCUT2D eigenvalue weighted by atomic mass is 35.5. The molecule has 0 spiro atoms. The van der Waals surface area contributed by atoms with Crippen LogP contribution in [0.2, 0.25) is 5.02 Å². The van der Waals surface area contributed by atoms with E-state index in [1.54, 1.807) is 13.4 Å². The van der Waals surface area contributed by atoms with Crippen LogP contribution in [0.15, 0.2) is 77.9 Å². The Bertz CT molecular complexity index is 956. The van der Waals surface area contributed by atoms with Gasteiger partial charge in [-0.2, -0.15) is 0 Å². The minimum Gasteiger partial charge on any atom is -0.504 e. The molecule has 0 aliphatic carbocycles. The summed E-state index contributed by atoms with van der Waals surface area (Å²) in [7, 11) is 1.64. The van der Waals surface area contributed by atoms with Gasteiger partial charge in [-0.05, 0) is 41.0 Å². The molecule has 4 heteroatoms. The fourth-order valence-electron chi connectivity index (χ4n) is 3.13. The molecular formula is C22H18ClNOS. The number of thioether (sulfide) groups is 1. The molecule has 0 saturated heterocycles. The van der Waals surface area contributed by atoms with Gasteiger partial charge in [0.2, 0.25) is 0 Å². The first-order chi connectivity index (χ1) is 12.8. The molecule has 3 aromatic rings. The van der Waals surface area contributed by atoms with E-state index in [0.717, 1.165) is 11.1 Å². The number of benzene rings is 3. The summed E-state index contributed by atoms with van der Waals surface area (Å²) in [5.41, 5.74) is 5.76. The van der Waals surface area contributed by atoms with Crippen molar-refractivity contribution in [3.8, 4) is 11.1 Å². The largest absolute Gasteiger partial charge is 0.504 e. The third kappa shape index (κ3) is 3.33. The number of fused-ring (bicyclic) bond motifs is 1. The van der Waals surface area contributed by atoms with Gasteiger partial charge >= 0.3 is 0 Å². The van der Waals surface area contributed by atoms with E-state index in [9.17, 15) is 0 Å². The van der Waals surface area contributed by atoms with Gasteiger partial charge in [-0.25, -0.2) is 0 Å². The Balaban J connectivity index is 1.76. The summed E-state index contributed by atoms with van der Waals surface area (Å²) < 4.78 is 5.10. The molecule has 1 atom stereocenters. The highest BCUT2D eigenvalue weighted by Gasteiger charge is 2.25. The fraction of sp³-hybridized carbons (Fsp3) is 0.0909. The standard InChI is InChI=1S/C22H18ClNOS/c1-25-13-12-16-14-17(23)10-11-18(16)19-8-5-9-20-21(19)24-22(26-20)15-6-3-2-4-7-15/h2-14,22,24H,1H3/b13-12+. The van der Waals surface area contributed by atoms with E-state index in [1.165, 1.54) is 21.7 Å². The van der Waals surface area contributed by atoms with Crippen molar-refractivity contribution in [2.75, 3.05) is 12.4 Å². The number of nitrogens with one attached hydrogen (secondary N) is 1. The highest BCUT2D eigenvalue weighted by Crippen LogP contribution is 2.50. The second kappa shape index (κ2) is 7.48. The second-order valence-corrected chi connectivity index (χ2v) is 7.59. The Morgan fingerprint density at radius 1 is 1.00 bits per heavy atom. The Hall–Kier alpha value is -2.36. The number of halogens is 1. The molecule has 1 heterocycles. The molecule has 0 fully saturated rings. The molecule has 1 unspecified atom stereocenters. The molecule has 130 valence electrons. The average molecular weight is 380 g/mol. The van der Waals surface area contributed by atoms with Crippen LogP contribution in [-0.4, -0.2) is 7.11 Å². The van der Waals surface area contributed by atoms with E-state index in [1.807, 2.05) is 36.0 Å². The summed E-state index contributed by atoms with van der Waals surface area (Å²) in [6, 6.07) is 22.9. The molecular weight excluding hydrogens is 362 g/mol. The van der Waals surface area contributed by atoms with E-state index >= 15 is 0 Å². The summed E-state index contributed by atoms with van der Waals surface area (Å²) in [5, 5.41) is 4.62. The first kappa shape index (κ1) is 17.1. The number of ether oxygens (including phenoxy) is 1. The zero-order chi connectivity index (χ0) is 17.9. The summed E-state index contributed by atoms with van der Waals surface area (Å²) >= 11 is 8.05. The lowest BCUT2D eigenvalue weighted by molar-refractivity contribution is 0.341. The molecule has 26 heavy (non-hydrogen) atoms. The third-order valence-electron chi connectivity index (χ3n) is 4.34. The molecule has 4 rings (SSSR count). The van der Waals surface area contributed by atoms with Crippen molar-refractivity contribution in [3.63, 3.8) is 0 Å². The lowest BCUT2D eigenvalue weighted by Crippen LogP contribution is -2.01. The van der Waals surface area contributed by atoms with Crippen LogP contribution >= 0.6 is 23.4 Å². The molecule has 1 aliphatic rings. The van der Waals surface area contributed by atoms with Crippen LogP contribution in [-0.2, 0) is 4.74 Å². The number of hydrogen-bond acceptors (Lipinski definition) is 3. The minimum absolute atomic E-state index is 0.220. The van der Waals surface area contributed by atoms with Crippen molar-refractivity contribution in [2.24, 2.45) is 0 Å². The van der Waals surface area contributed by atoms with Gasteiger partial charge in [0.25, 0.3) is 0 Å². The fourth-order valence-corrected chi connectivity index (χ4v) is 4.48. The smallest absolute Gasteiger partial charge is 0.103 e. The third-order valence-corrected chi connectivity index (χ3v) is 5.79. The lowest BCUT2D eigenvalue weighted by atomic mass is 9.98. The van der Waals surface area contributed by atoms with Gasteiger partial charge in [-0.15, -0.1) is 0 Å². The van der Waals surface area contributed by atoms with Crippen LogP contribution in [0.3, 0.4) is 0 Å². The van der Waals surface area contributed by atoms with Crippen LogP contribution in [0.1, 0.15) is 16.5 Å². The predicted molar refractivity (Wildman–Crippen MR) is 112 cm³/mol. The monoisotopic (exact) mass is 379 g/mol. The molecule has 0 radical (unpaired) electrons. The Morgan fingerprint density at radius 2 is 1.85 bits per heavy atom. The summed E-state index contributed by atoms with van der Waals surface area (Å²) in [6.45, 7) is 0. The summed E-state index contributed by atoms with van der Waals surface area (Å²) in [6.07, 6.45) is 3.62. The molecule has 0 amide bonds. The van der Waals surface area contributed by atoms with Crippen LogP contribution in [0.25, 0.3) is 17.2 Å². The minimum atomic E-state index is 0.220. The zero-order valence-corrected chi connectivity index (χ0v) is 15.8. The highest BCUT2D eigenvalue weighted by molar-refractivity contribution is 8.00. The van der Waals surface area contributed by atoms with E-state index in [2.05, 4.69) is 53.8 Å². The van der Waals surface area contributed by atoms with Gasteiger partial charge in [0.15, 0.2) is 0 Å². The van der Waals surface area contributed by atoms with Gasteiger partial charge in [0, 0.05) is 15.5 Å². The van der Waals surface area contributed by atoms with E-state index in [0.29, 0.717) is 5.02 Å². The van der Waals surface area contributed by atoms with Crippen molar-refractivity contribution in [3.05, 3.63) is 89.1 Å². The Kier molecular flexibility index (Phi) is 4.91. The summed E-state index contributed by atoms with van der Waals surface area (Å²) in [4.78, 5) is 1.26. The molecule has 1 N–H and O–H groups in total. The average Bonchev–Trinajstić information content (AvgIpc) is 3.12. The van der Waals surface area contributed by atoms with Gasteiger partial charge in [0.05, 0.1) is 19.1 Å². The van der Waals surface area contributed by atoms with E-state index in [-0.39, 0.29) is 5.37 Å². The molecule has 0 bridgehead atoms. The van der Waals surface area contributed by atoms with Crippen LogP contribution in [0.4, 0.5) is 5.69 Å². The van der Waals surface area contributed by atoms with Gasteiger partial charge in [-0.1, -0.05) is 71.9 Å². The first-order valence-electron chi connectivity index (χ1n) is 8.36. The zero-order valence-electron chi connectivity index (χ0n) is 14.3. The molecule has 1 aliphatic heterocycles. The summed E-state index contributed by atoms with van der Waals surface area (Å²) in [5.74, 6) is 0. The maximum absolute atomic E-state index is 6.21. The topological polar surface area (TPSA) is 21.3 Å². The van der Waals surface area contributed by atoms with Crippen molar-refractivity contribution in [1.82, 2.24) is 0 Å². The van der Waals surface area contributed by atoms with Gasteiger partial charge in [0.1, 0.15) is 5.37 Å². The maximum Gasteiger partial charge on any atom is 0.103 e. The molecule has 3 aromatic carbocycles. The van der Waals surface area contributed by atoms with Gasteiger partial charge in [-0.3, -0.25) is 0 Å². The lowest BCUT2D eigenvalue weighted by Gasteiger charge is -2.14. The Labute approximate surface area is 162 Å². The van der Waals surface area contributed by atoms with E-state index < -0.39 is 0 Å². The predicted octanol–water partition coefficient (Wildman–Crippen LogP) is 6.84. The molecule has 2 nitrogen and oxygen atoms in total. The van der Waals surface area contributed by atoms with Crippen LogP contribution < -0.4 is 5.32 Å². The Morgan fingerprint density at radius 3 is 2.65 bits per heavy atom. The number of methoxy groups -OCH3 is 1. The van der Waals surface area contributed by atoms with Crippen molar-refractivity contribution >= 4 is 35.1 Å². The van der Waals surface area contributed by atoms with Crippen LogP contribution in [0, 0.1) is 0 Å². The number of anilines is 1. The molecule has 0 aromatic heterocycles. The van der Waals surface area contributed by atoms with Crippen molar-refractivity contribution in [1.29, 1.82) is 0 Å². The quantitative estimate of drug-likeness (QED) is 0.501. The first-order valence-corrected chi connectivity index (χ1v) is 9.62. The normalized spacial score (nSPS) is 15.7. The number of hydrogen-bond donors (Lipinski definition) is 1. The molecule has 0 saturated carbocycles. The number of rotatable bonds is 4. The number of para-hydroxylation sites is 1. The van der Waals surface area contributed by atoms with Crippen molar-refractivity contribution in [2.45, 2.75) is 10.3 Å². The van der Waals surface area contributed by atoms with Gasteiger partial charge < -0.3 is 10.1 Å². The maximum atomic E-state index is 6.21. The van der Waals surface area contributed by atoms with Crippen LogP contribution in [0.5, 0.6) is 0 Å².